The van der Waals surface area contributed by atoms with E-state index in [1.165, 1.54) is 0 Å². The van der Waals surface area contributed by atoms with Crippen molar-refractivity contribution in [1.82, 2.24) is 9.88 Å². The van der Waals surface area contributed by atoms with Crippen molar-refractivity contribution in [2.45, 2.75) is 19.5 Å². The first-order chi connectivity index (χ1) is 12.1. The van der Waals surface area contributed by atoms with E-state index in [4.69, 9.17) is 16.6 Å². The van der Waals surface area contributed by atoms with E-state index in [0.717, 1.165) is 40.7 Å². The van der Waals surface area contributed by atoms with Gasteiger partial charge in [-0.15, -0.1) is 0 Å². The second-order valence-corrected chi connectivity index (χ2v) is 6.79. The van der Waals surface area contributed by atoms with Crippen LogP contribution in [0.15, 0.2) is 48.5 Å². The molecule has 0 saturated carbocycles. The van der Waals surface area contributed by atoms with Crippen molar-refractivity contribution >= 4 is 28.5 Å². The van der Waals surface area contributed by atoms with Crippen molar-refractivity contribution in [2.24, 2.45) is 0 Å². The Morgan fingerprint density at radius 1 is 1.20 bits per heavy atom. The molecule has 4 rings (SSSR count). The first-order valence-electron chi connectivity index (χ1n) is 8.22. The summed E-state index contributed by atoms with van der Waals surface area (Å²) < 4.78 is 0. The van der Waals surface area contributed by atoms with Gasteiger partial charge in [0.2, 0.25) is 0 Å². The predicted molar refractivity (Wildman–Crippen MR) is 98.0 cm³/mol. The number of aromatic nitrogens is 1. The van der Waals surface area contributed by atoms with Crippen LogP contribution in [0.2, 0.25) is 5.02 Å². The molecule has 0 atom stereocenters. The molecule has 0 spiro atoms. The molecule has 0 unspecified atom stereocenters. The van der Waals surface area contributed by atoms with Gasteiger partial charge in [0, 0.05) is 30.0 Å². The Kier molecular flexibility index (Phi) is 4.15. The van der Waals surface area contributed by atoms with Gasteiger partial charge in [-0.05, 0) is 41.8 Å². The van der Waals surface area contributed by atoms with Gasteiger partial charge in [0.15, 0.2) is 0 Å². The number of carbonyl (C=O) groups is 1. The molecular formula is C20H17ClN2O2. The zero-order chi connectivity index (χ0) is 17.4. The summed E-state index contributed by atoms with van der Waals surface area (Å²) >= 11 is 6.06. The molecule has 0 bridgehead atoms. The quantitative estimate of drug-likeness (QED) is 0.769. The van der Waals surface area contributed by atoms with Crippen LogP contribution >= 0.6 is 11.6 Å². The van der Waals surface area contributed by atoms with Crippen molar-refractivity contribution in [1.29, 1.82) is 0 Å². The first-order valence-corrected chi connectivity index (χ1v) is 8.59. The molecule has 1 aromatic heterocycles. The number of halogens is 1. The molecule has 0 radical (unpaired) electrons. The van der Waals surface area contributed by atoms with E-state index in [0.29, 0.717) is 23.7 Å². The Morgan fingerprint density at radius 2 is 2.04 bits per heavy atom. The number of rotatable bonds is 3. The van der Waals surface area contributed by atoms with Crippen LogP contribution < -0.4 is 0 Å². The maximum absolute atomic E-state index is 11.5. The van der Waals surface area contributed by atoms with E-state index >= 15 is 0 Å². The highest BCUT2D eigenvalue weighted by atomic mass is 35.5. The number of hydrogen-bond donors (Lipinski definition) is 1. The van der Waals surface area contributed by atoms with Crippen molar-refractivity contribution in [2.75, 3.05) is 6.54 Å². The number of carboxylic acids is 1. The third-order valence-electron chi connectivity index (χ3n) is 4.68. The lowest BCUT2D eigenvalue weighted by molar-refractivity contribution is 0.0693. The number of hydrogen-bond acceptors (Lipinski definition) is 3. The number of benzene rings is 2. The summed E-state index contributed by atoms with van der Waals surface area (Å²) in [6, 6.07) is 15.3. The van der Waals surface area contributed by atoms with Gasteiger partial charge in [0.25, 0.3) is 0 Å². The molecule has 2 aromatic carbocycles. The van der Waals surface area contributed by atoms with Crippen LogP contribution in [-0.2, 0) is 19.5 Å². The fourth-order valence-corrected chi connectivity index (χ4v) is 3.59. The average molecular weight is 353 g/mol. The molecule has 1 N–H and O–H groups in total. The van der Waals surface area contributed by atoms with Crippen molar-refractivity contribution in [3.63, 3.8) is 0 Å². The Balaban J connectivity index is 1.59. The van der Waals surface area contributed by atoms with Crippen molar-refractivity contribution < 1.29 is 9.90 Å². The standard InChI is InChI=1S/C20H17ClN2O2/c21-15-6-4-14-5-7-16(22-19(14)10-15)11-23-9-8-13-2-1-3-17(20(24)25)18(13)12-23/h1-7,10H,8-9,11-12H2,(H,24,25). The molecule has 1 aliphatic heterocycles. The molecule has 0 fully saturated rings. The van der Waals surface area contributed by atoms with Crippen LogP contribution in [0.4, 0.5) is 0 Å². The molecule has 2 heterocycles. The molecule has 25 heavy (non-hydrogen) atoms. The summed E-state index contributed by atoms with van der Waals surface area (Å²) in [4.78, 5) is 18.4. The van der Waals surface area contributed by atoms with Crippen LogP contribution in [0, 0.1) is 0 Å². The average Bonchev–Trinajstić information content (AvgIpc) is 2.60. The summed E-state index contributed by atoms with van der Waals surface area (Å²) in [5, 5.41) is 11.2. The second-order valence-electron chi connectivity index (χ2n) is 6.35. The number of carboxylic acid groups (broad SMARTS) is 1. The molecular weight excluding hydrogens is 336 g/mol. The van der Waals surface area contributed by atoms with Crippen LogP contribution in [0.3, 0.4) is 0 Å². The van der Waals surface area contributed by atoms with Gasteiger partial charge in [-0.2, -0.15) is 0 Å². The topological polar surface area (TPSA) is 53.4 Å². The molecule has 1 aliphatic rings. The van der Waals surface area contributed by atoms with Crippen LogP contribution in [-0.4, -0.2) is 27.5 Å². The second kappa shape index (κ2) is 6.47. The normalized spacial score (nSPS) is 14.4. The minimum atomic E-state index is -0.864. The van der Waals surface area contributed by atoms with E-state index < -0.39 is 5.97 Å². The summed E-state index contributed by atoms with van der Waals surface area (Å²) in [5.41, 5.74) is 4.31. The van der Waals surface area contributed by atoms with E-state index in [2.05, 4.69) is 11.0 Å². The smallest absolute Gasteiger partial charge is 0.336 e. The minimum Gasteiger partial charge on any atom is -0.478 e. The van der Waals surface area contributed by atoms with Gasteiger partial charge in [0.05, 0.1) is 16.8 Å². The largest absolute Gasteiger partial charge is 0.478 e. The minimum absolute atomic E-state index is 0.403. The lowest BCUT2D eigenvalue weighted by Crippen LogP contribution is -2.31. The number of aromatic carboxylic acids is 1. The lowest BCUT2D eigenvalue weighted by atomic mass is 9.95. The van der Waals surface area contributed by atoms with Crippen LogP contribution in [0.25, 0.3) is 10.9 Å². The van der Waals surface area contributed by atoms with Crippen molar-refractivity contribution in [3.8, 4) is 0 Å². The molecule has 126 valence electrons. The molecule has 3 aromatic rings. The zero-order valence-corrected chi connectivity index (χ0v) is 14.3. The third kappa shape index (κ3) is 3.23. The van der Waals surface area contributed by atoms with Gasteiger partial charge >= 0.3 is 5.97 Å². The highest BCUT2D eigenvalue weighted by molar-refractivity contribution is 6.31. The Morgan fingerprint density at radius 3 is 2.88 bits per heavy atom. The summed E-state index contributed by atoms with van der Waals surface area (Å²) in [5.74, 6) is -0.864. The van der Waals surface area contributed by atoms with Gasteiger partial charge in [-0.25, -0.2) is 4.79 Å². The molecule has 5 heteroatoms. The fraction of sp³-hybridized carbons (Fsp3) is 0.200. The lowest BCUT2D eigenvalue weighted by Gasteiger charge is -2.29. The number of pyridine rings is 1. The van der Waals surface area contributed by atoms with Crippen LogP contribution in [0.5, 0.6) is 0 Å². The van der Waals surface area contributed by atoms with Gasteiger partial charge in [-0.1, -0.05) is 35.9 Å². The summed E-state index contributed by atoms with van der Waals surface area (Å²) in [6.07, 6.45) is 0.857. The molecule has 0 aliphatic carbocycles. The molecule has 4 nitrogen and oxygen atoms in total. The maximum Gasteiger partial charge on any atom is 0.336 e. The molecule has 0 amide bonds. The van der Waals surface area contributed by atoms with E-state index in [-0.39, 0.29) is 0 Å². The fourth-order valence-electron chi connectivity index (χ4n) is 3.42. The van der Waals surface area contributed by atoms with E-state index in [1.54, 1.807) is 6.07 Å². The van der Waals surface area contributed by atoms with Gasteiger partial charge < -0.3 is 5.11 Å². The van der Waals surface area contributed by atoms with E-state index in [1.807, 2.05) is 36.4 Å². The SMILES string of the molecule is O=C(O)c1cccc2c1CN(Cc1ccc3ccc(Cl)cc3n1)CC2. The Labute approximate surface area is 150 Å². The maximum atomic E-state index is 11.5. The van der Waals surface area contributed by atoms with Gasteiger partial charge in [-0.3, -0.25) is 9.88 Å². The monoisotopic (exact) mass is 352 g/mol. The highest BCUT2D eigenvalue weighted by Crippen LogP contribution is 2.24. The van der Waals surface area contributed by atoms with E-state index in [9.17, 15) is 9.90 Å². The molecule has 0 saturated heterocycles. The van der Waals surface area contributed by atoms with Crippen LogP contribution in [0.1, 0.15) is 27.2 Å². The number of fused-ring (bicyclic) bond motifs is 2. The number of nitrogens with zero attached hydrogens (tertiary/aromatic N) is 2. The summed E-state index contributed by atoms with van der Waals surface area (Å²) in [7, 11) is 0. The highest BCUT2D eigenvalue weighted by Gasteiger charge is 2.21. The Hall–Kier alpha value is -2.43. The zero-order valence-electron chi connectivity index (χ0n) is 13.6. The van der Waals surface area contributed by atoms with Crippen molar-refractivity contribution in [3.05, 3.63) is 75.9 Å². The first kappa shape index (κ1) is 16.1. The van der Waals surface area contributed by atoms with Gasteiger partial charge in [0.1, 0.15) is 0 Å². The predicted octanol–water partition coefficient (Wildman–Crippen LogP) is 4.14. The Bertz CT molecular complexity index is 971. The third-order valence-corrected chi connectivity index (χ3v) is 4.92. The summed E-state index contributed by atoms with van der Waals surface area (Å²) in [6.45, 7) is 2.22.